The van der Waals surface area contributed by atoms with E-state index < -0.39 is 0 Å². The van der Waals surface area contributed by atoms with Crippen molar-refractivity contribution in [3.63, 3.8) is 0 Å². The first-order valence-corrected chi connectivity index (χ1v) is 2.73. The zero-order valence-electron chi connectivity index (χ0n) is 5.00. The van der Waals surface area contributed by atoms with Crippen molar-refractivity contribution in [1.29, 1.82) is 0 Å². The third-order valence-corrected chi connectivity index (χ3v) is 1.14. The molecular weight excluding hydrogens is 112 g/mol. The van der Waals surface area contributed by atoms with Gasteiger partial charge in [-0.25, -0.2) is 0 Å². The molecule has 0 aliphatic rings. The molecule has 0 aromatic heterocycles. The van der Waals surface area contributed by atoms with E-state index in [4.69, 9.17) is 0 Å². The Hall–Kier alpha value is -1.24. The van der Waals surface area contributed by atoms with Gasteiger partial charge in [-0.2, -0.15) is 0 Å². The molecule has 1 nitrogen and oxygen atoms in total. The molecule has 0 saturated heterocycles. The summed E-state index contributed by atoms with van der Waals surface area (Å²) in [5, 5.41) is 10.8. The summed E-state index contributed by atoms with van der Waals surface area (Å²) in [6.45, 7) is 3.49. The van der Waals surface area contributed by atoms with Gasteiger partial charge in [0.1, 0.15) is 0 Å². The van der Waals surface area contributed by atoms with Gasteiger partial charge in [-0.05, 0) is 6.07 Å². The lowest BCUT2D eigenvalue weighted by atomic mass is 10.2. The van der Waals surface area contributed by atoms with Crippen LogP contribution in [0.5, 0.6) is 5.75 Å². The first kappa shape index (κ1) is 5.89. The monoisotopic (exact) mass is 119 g/mol. The summed E-state index contributed by atoms with van der Waals surface area (Å²) in [6, 6.07) is 6.81. The Balaban J connectivity index is 3.15. The topological polar surface area (TPSA) is 19.9 Å². The van der Waals surface area contributed by atoms with Crippen LogP contribution >= 0.6 is 0 Å². The summed E-state index contributed by atoms with van der Waals surface area (Å²) in [4.78, 5) is 0. The second-order valence-corrected chi connectivity index (χ2v) is 1.74. The molecule has 45 valence electrons. The van der Waals surface area contributed by atoms with Gasteiger partial charge in [0.15, 0.2) is 5.75 Å². The summed E-state index contributed by atoms with van der Waals surface area (Å²) in [5.74, 6) is 0.0347. The molecule has 0 aliphatic carbocycles. The maximum absolute atomic E-state index is 10.8. The van der Waals surface area contributed by atoms with E-state index >= 15 is 0 Å². The molecule has 1 aromatic rings. The molecule has 0 atom stereocenters. The molecule has 0 aliphatic heterocycles. The van der Waals surface area contributed by atoms with Crippen LogP contribution in [-0.2, 0) is 5.11 Å². The maximum atomic E-state index is 10.8. The van der Waals surface area contributed by atoms with E-state index in [-0.39, 0.29) is 5.75 Å². The number of rotatable bonds is 1. The minimum atomic E-state index is 0.0347. The third-order valence-electron chi connectivity index (χ3n) is 1.14. The fraction of sp³-hybridized carbons (Fsp3) is 0. The van der Waals surface area contributed by atoms with Gasteiger partial charge >= 0.3 is 0 Å². The molecule has 1 heteroatoms. The van der Waals surface area contributed by atoms with Crippen molar-refractivity contribution in [2.24, 2.45) is 0 Å². The van der Waals surface area contributed by atoms with Crippen molar-refractivity contribution in [3.8, 4) is 5.75 Å². The molecule has 0 amide bonds. The molecule has 1 aromatic carbocycles. The Bertz CT molecular complexity index is 216. The van der Waals surface area contributed by atoms with E-state index in [1.54, 1.807) is 18.2 Å². The number of hydrogen-bond donors (Lipinski definition) is 0. The largest absolute Gasteiger partial charge is 0.289 e. The van der Waals surface area contributed by atoms with Crippen LogP contribution in [0.15, 0.2) is 30.8 Å². The van der Waals surface area contributed by atoms with Crippen molar-refractivity contribution in [3.05, 3.63) is 36.4 Å². The molecular formula is C8H7O. The van der Waals surface area contributed by atoms with Gasteiger partial charge in [-0.1, -0.05) is 30.9 Å². The Kier molecular flexibility index (Phi) is 1.54. The van der Waals surface area contributed by atoms with Crippen LogP contribution in [0.3, 0.4) is 0 Å². The Labute approximate surface area is 54.3 Å². The van der Waals surface area contributed by atoms with Crippen molar-refractivity contribution in [1.82, 2.24) is 0 Å². The summed E-state index contributed by atoms with van der Waals surface area (Å²) in [5.41, 5.74) is 0.664. The molecule has 9 heavy (non-hydrogen) atoms. The number of benzene rings is 1. The van der Waals surface area contributed by atoms with Crippen LogP contribution < -0.4 is 0 Å². The number of hydrogen-bond acceptors (Lipinski definition) is 0. The molecule has 0 unspecified atom stereocenters. The summed E-state index contributed by atoms with van der Waals surface area (Å²) in [7, 11) is 0. The van der Waals surface area contributed by atoms with E-state index in [9.17, 15) is 5.11 Å². The highest BCUT2D eigenvalue weighted by molar-refractivity contribution is 5.54. The van der Waals surface area contributed by atoms with Gasteiger partial charge in [0.05, 0.1) is 0 Å². The summed E-state index contributed by atoms with van der Waals surface area (Å²) in [6.07, 6.45) is 1.56. The van der Waals surface area contributed by atoms with E-state index in [0.29, 0.717) is 5.56 Å². The fourth-order valence-corrected chi connectivity index (χ4v) is 0.649. The lowest BCUT2D eigenvalue weighted by Crippen LogP contribution is -1.68. The molecule has 0 spiro atoms. The van der Waals surface area contributed by atoms with Crippen LogP contribution in [0.4, 0.5) is 0 Å². The molecule has 1 radical (unpaired) electrons. The third kappa shape index (κ3) is 1.11. The van der Waals surface area contributed by atoms with Gasteiger partial charge in [-0.15, -0.1) is 0 Å². The average Bonchev–Trinajstić information content (AvgIpc) is 1.89. The van der Waals surface area contributed by atoms with Crippen LogP contribution in [0.1, 0.15) is 5.56 Å². The van der Waals surface area contributed by atoms with Crippen molar-refractivity contribution in [2.75, 3.05) is 0 Å². The SMILES string of the molecule is C=Cc1ccccc1[O]. The van der Waals surface area contributed by atoms with Gasteiger partial charge in [0, 0.05) is 5.56 Å². The molecule has 0 fully saturated rings. The van der Waals surface area contributed by atoms with E-state index in [0.717, 1.165) is 0 Å². The van der Waals surface area contributed by atoms with Crippen LogP contribution in [0.25, 0.3) is 6.08 Å². The Morgan fingerprint density at radius 1 is 1.33 bits per heavy atom. The molecule has 0 N–H and O–H groups in total. The normalized spacial score (nSPS) is 8.89. The molecule has 1 rings (SSSR count). The standard InChI is InChI=1S/C8H7O/c1-2-7-5-3-4-6-8(7)9/h2-6H,1H2. The van der Waals surface area contributed by atoms with Gasteiger partial charge in [-0.3, -0.25) is 5.11 Å². The van der Waals surface area contributed by atoms with Crippen LogP contribution in [-0.4, -0.2) is 0 Å². The summed E-state index contributed by atoms with van der Waals surface area (Å²) < 4.78 is 0. The van der Waals surface area contributed by atoms with Crippen molar-refractivity contribution >= 4 is 6.08 Å². The van der Waals surface area contributed by atoms with E-state index in [1.807, 2.05) is 6.07 Å². The Morgan fingerprint density at radius 3 is 2.44 bits per heavy atom. The zero-order valence-corrected chi connectivity index (χ0v) is 5.00. The average molecular weight is 119 g/mol. The van der Waals surface area contributed by atoms with Crippen LogP contribution in [0.2, 0.25) is 0 Å². The predicted molar refractivity (Wildman–Crippen MR) is 36.7 cm³/mol. The smallest absolute Gasteiger partial charge is 0.185 e. The van der Waals surface area contributed by atoms with Gasteiger partial charge in [0.2, 0.25) is 0 Å². The van der Waals surface area contributed by atoms with Gasteiger partial charge < -0.3 is 0 Å². The second kappa shape index (κ2) is 2.35. The first-order valence-electron chi connectivity index (χ1n) is 2.73. The van der Waals surface area contributed by atoms with Gasteiger partial charge in [0.25, 0.3) is 0 Å². The van der Waals surface area contributed by atoms with Crippen molar-refractivity contribution in [2.45, 2.75) is 0 Å². The lowest BCUT2D eigenvalue weighted by Gasteiger charge is -1.90. The molecule has 0 bridgehead atoms. The first-order chi connectivity index (χ1) is 4.34. The highest BCUT2D eigenvalue weighted by Crippen LogP contribution is 2.16. The fourth-order valence-electron chi connectivity index (χ4n) is 0.649. The highest BCUT2D eigenvalue weighted by atomic mass is 16.3. The highest BCUT2D eigenvalue weighted by Gasteiger charge is 1.92. The van der Waals surface area contributed by atoms with Crippen molar-refractivity contribution < 1.29 is 5.11 Å². The van der Waals surface area contributed by atoms with E-state index in [1.165, 1.54) is 6.07 Å². The molecule has 0 saturated carbocycles. The lowest BCUT2D eigenvalue weighted by molar-refractivity contribution is 0.354. The zero-order chi connectivity index (χ0) is 6.69. The second-order valence-electron chi connectivity index (χ2n) is 1.74. The summed E-state index contributed by atoms with van der Waals surface area (Å²) >= 11 is 0. The number of para-hydroxylation sites is 1. The van der Waals surface area contributed by atoms with E-state index in [2.05, 4.69) is 6.58 Å². The minimum absolute atomic E-state index is 0.0347. The predicted octanol–water partition coefficient (Wildman–Crippen LogP) is 2.47. The maximum Gasteiger partial charge on any atom is 0.185 e. The Morgan fingerprint density at radius 2 is 2.00 bits per heavy atom. The molecule has 0 heterocycles. The van der Waals surface area contributed by atoms with Crippen LogP contribution in [0, 0.1) is 0 Å². The quantitative estimate of drug-likeness (QED) is 0.541. The minimum Gasteiger partial charge on any atom is -0.289 e.